The van der Waals surface area contributed by atoms with Crippen molar-refractivity contribution in [1.82, 2.24) is 14.9 Å². The number of thioether (sulfide) groups is 1. The van der Waals surface area contributed by atoms with Crippen LogP contribution in [0.2, 0.25) is 0 Å². The van der Waals surface area contributed by atoms with Gasteiger partial charge < -0.3 is 9.88 Å². The second-order valence-corrected chi connectivity index (χ2v) is 7.48. The van der Waals surface area contributed by atoms with Gasteiger partial charge in [-0.3, -0.25) is 4.79 Å². The number of hydrogen-bond donors (Lipinski definition) is 1. The Morgan fingerprint density at radius 2 is 2.08 bits per heavy atom. The molecule has 0 spiro atoms. The van der Waals surface area contributed by atoms with E-state index < -0.39 is 0 Å². The molecule has 2 heterocycles. The lowest BCUT2D eigenvalue weighted by Gasteiger charge is -2.09. The Kier molecular flexibility index (Phi) is 6.30. The lowest BCUT2D eigenvalue weighted by atomic mass is 10.2. The Labute approximate surface area is 156 Å². The fourth-order valence-electron chi connectivity index (χ4n) is 2.58. The third-order valence-corrected chi connectivity index (χ3v) is 5.74. The van der Waals surface area contributed by atoms with Crippen LogP contribution in [0.4, 0.5) is 0 Å². The number of imidazole rings is 1. The lowest BCUT2D eigenvalue weighted by molar-refractivity contribution is -0.118. The van der Waals surface area contributed by atoms with Crippen LogP contribution in [0.15, 0.2) is 59.2 Å². The molecule has 1 aromatic carbocycles. The van der Waals surface area contributed by atoms with Crippen molar-refractivity contribution >= 4 is 29.0 Å². The van der Waals surface area contributed by atoms with E-state index >= 15 is 0 Å². The molecule has 0 aliphatic rings. The molecule has 0 atom stereocenters. The average molecular weight is 372 g/mol. The summed E-state index contributed by atoms with van der Waals surface area (Å²) in [6.07, 6.45) is 2.77. The summed E-state index contributed by atoms with van der Waals surface area (Å²) in [7, 11) is 0. The fourth-order valence-corrected chi connectivity index (χ4v) is 4.16. The highest BCUT2D eigenvalue weighted by molar-refractivity contribution is 7.99. The van der Waals surface area contributed by atoms with E-state index in [2.05, 4.69) is 45.4 Å². The molecule has 3 rings (SSSR count). The van der Waals surface area contributed by atoms with Gasteiger partial charge in [0.25, 0.3) is 0 Å². The summed E-state index contributed by atoms with van der Waals surface area (Å²) >= 11 is 3.21. The van der Waals surface area contributed by atoms with Crippen LogP contribution in [0, 0.1) is 0 Å². The van der Waals surface area contributed by atoms with Gasteiger partial charge in [-0.1, -0.05) is 48.2 Å². The SMILES string of the molecule is CCn1c(-c2ccccc2)cnc1SCC(=O)NCCc1cccs1. The van der Waals surface area contributed by atoms with Crippen molar-refractivity contribution in [2.45, 2.75) is 25.0 Å². The van der Waals surface area contributed by atoms with Gasteiger partial charge in [0, 0.05) is 18.0 Å². The minimum absolute atomic E-state index is 0.0495. The molecule has 1 amide bonds. The summed E-state index contributed by atoms with van der Waals surface area (Å²) in [5.41, 5.74) is 2.23. The molecule has 2 aromatic heterocycles. The number of aromatic nitrogens is 2. The van der Waals surface area contributed by atoms with Crippen molar-refractivity contribution in [2.24, 2.45) is 0 Å². The molecule has 25 heavy (non-hydrogen) atoms. The molecule has 130 valence electrons. The van der Waals surface area contributed by atoms with E-state index in [-0.39, 0.29) is 5.91 Å². The van der Waals surface area contributed by atoms with Crippen molar-refractivity contribution < 1.29 is 4.79 Å². The van der Waals surface area contributed by atoms with E-state index in [0.29, 0.717) is 12.3 Å². The second-order valence-electron chi connectivity index (χ2n) is 5.50. The van der Waals surface area contributed by atoms with Crippen molar-refractivity contribution in [1.29, 1.82) is 0 Å². The zero-order valence-electron chi connectivity index (χ0n) is 14.1. The van der Waals surface area contributed by atoms with E-state index in [9.17, 15) is 4.79 Å². The summed E-state index contributed by atoms with van der Waals surface area (Å²) in [5, 5.41) is 5.92. The largest absolute Gasteiger partial charge is 0.355 e. The van der Waals surface area contributed by atoms with Gasteiger partial charge in [-0.25, -0.2) is 4.98 Å². The second kappa shape index (κ2) is 8.87. The summed E-state index contributed by atoms with van der Waals surface area (Å²) in [4.78, 5) is 17.9. The van der Waals surface area contributed by atoms with Crippen LogP contribution in [-0.4, -0.2) is 27.8 Å². The number of rotatable bonds is 8. The number of thiophene rings is 1. The monoisotopic (exact) mass is 371 g/mol. The molecule has 1 N–H and O–H groups in total. The number of nitrogens with zero attached hydrogens (tertiary/aromatic N) is 2. The Morgan fingerprint density at radius 3 is 2.80 bits per heavy atom. The van der Waals surface area contributed by atoms with Crippen LogP contribution in [0.25, 0.3) is 11.3 Å². The van der Waals surface area contributed by atoms with E-state index in [1.807, 2.05) is 30.5 Å². The summed E-state index contributed by atoms with van der Waals surface area (Å²) in [6, 6.07) is 14.3. The van der Waals surface area contributed by atoms with E-state index in [1.54, 1.807) is 11.3 Å². The highest BCUT2D eigenvalue weighted by Gasteiger charge is 2.12. The van der Waals surface area contributed by atoms with Crippen molar-refractivity contribution in [3.63, 3.8) is 0 Å². The molecule has 0 aliphatic carbocycles. The Morgan fingerprint density at radius 1 is 1.24 bits per heavy atom. The van der Waals surface area contributed by atoms with Gasteiger partial charge in [0.2, 0.25) is 5.91 Å². The molecule has 0 saturated heterocycles. The predicted molar refractivity (Wildman–Crippen MR) is 105 cm³/mol. The maximum atomic E-state index is 12.1. The van der Waals surface area contributed by atoms with Gasteiger partial charge in [-0.15, -0.1) is 11.3 Å². The number of carbonyl (C=O) groups excluding carboxylic acids is 1. The Balaban J connectivity index is 1.54. The molecule has 3 aromatic rings. The standard InChI is InChI=1S/C19H21N3OS2/c1-2-22-17(15-7-4-3-5-8-15)13-21-19(22)25-14-18(23)20-11-10-16-9-6-12-24-16/h3-9,12-13H,2,10-11,14H2,1H3,(H,20,23). The van der Waals surface area contributed by atoms with E-state index in [0.717, 1.165) is 29.4 Å². The minimum atomic E-state index is 0.0495. The van der Waals surface area contributed by atoms with Crippen molar-refractivity contribution in [3.8, 4) is 11.3 Å². The van der Waals surface area contributed by atoms with Gasteiger partial charge in [-0.05, 0) is 30.4 Å². The third-order valence-electron chi connectivity index (χ3n) is 3.81. The number of nitrogens with one attached hydrogen (secondary N) is 1. The summed E-state index contributed by atoms with van der Waals surface area (Å²) < 4.78 is 2.15. The maximum absolute atomic E-state index is 12.1. The third kappa shape index (κ3) is 4.74. The Hall–Kier alpha value is -2.05. The molecule has 4 nitrogen and oxygen atoms in total. The molecule has 0 aliphatic heterocycles. The molecule has 0 saturated carbocycles. The van der Waals surface area contributed by atoms with E-state index in [1.165, 1.54) is 16.6 Å². The normalized spacial score (nSPS) is 10.8. The van der Waals surface area contributed by atoms with Crippen LogP contribution in [0.1, 0.15) is 11.8 Å². The molecule has 0 radical (unpaired) electrons. The average Bonchev–Trinajstić information content (AvgIpc) is 3.30. The smallest absolute Gasteiger partial charge is 0.230 e. The zero-order chi connectivity index (χ0) is 17.5. The molecule has 6 heteroatoms. The van der Waals surface area contributed by atoms with Gasteiger partial charge in [0.15, 0.2) is 5.16 Å². The number of hydrogen-bond acceptors (Lipinski definition) is 4. The van der Waals surface area contributed by atoms with Gasteiger partial charge in [-0.2, -0.15) is 0 Å². The first kappa shape index (κ1) is 17.8. The first-order valence-corrected chi connectivity index (χ1v) is 10.2. The number of benzene rings is 1. The van der Waals surface area contributed by atoms with Crippen LogP contribution in [-0.2, 0) is 17.8 Å². The first-order valence-electron chi connectivity index (χ1n) is 8.30. The van der Waals surface area contributed by atoms with Crippen LogP contribution in [0.3, 0.4) is 0 Å². The van der Waals surface area contributed by atoms with Crippen molar-refractivity contribution in [2.75, 3.05) is 12.3 Å². The van der Waals surface area contributed by atoms with Gasteiger partial charge in [0.1, 0.15) is 0 Å². The molecule has 0 fully saturated rings. The lowest BCUT2D eigenvalue weighted by Crippen LogP contribution is -2.27. The fraction of sp³-hybridized carbons (Fsp3) is 0.263. The maximum Gasteiger partial charge on any atom is 0.230 e. The number of amides is 1. The number of carbonyl (C=O) groups is 1. The quantitative estimate of drug-likeness (QED) is 0.607. The van der Waals surface area contributed by atoms with Crippen LogP contribution in [0.5, 0.6) is 0 Å². The van der Waals surface area contributed by atoms with E-state index in [4.69, 9.17) is 0 Å². The van der Waals surface area contributed by atoms with Crippen LogP contribution >= 0.6 is 23.1 Å². The van der Waals surface area contributed by atoms with Crippen LogP contribution < -0.4 is 5.32 Å². The zero-order valence-corrected chi connectivity index (χ0v) is 15.8. The molecular weight excluding hydrogens is 350 g/mol. The van der Waals surface area contributed by atoms with Gasteiger partial charge in [0.05, 0.1) is 17.6 Å². The predicted octanol–water partition coefficient (Wildman–Crippen LogP) is 4.08. The summed E-state index contributed by atoms with van der Waals surface area (Å²) in [6.45, 7) is 3.60. The Bertz CT molecular complexity index is 797. The highest BCUT2D eigenvalue weighted by atomic mass is 32.2. The molecular formula is C19H21N3OS2. The highest BCUT2D eigenvalue weighted by Crippen LogP contribution is 2.25. The summed E-state index contributed by atoms with van der Waals surface area (Å²) in [5.74, 6) is 0.434. The molecule has 0 bridgehead atoms. The minimum Gasteiger partial charge on any atom is -0.355 e. The van der Waals surface area contributed by atoms with Crippen molar-refractivity contribution in [3.05, 3.63) is 58.9 Å². The first-order chi connectivity index (χ1) is 12.3. The van der Waals surface area contributed by atoms with Gasteiger partial charge >= 0.3 is 0 Å². The molecule has 0 unspecified atom stereocenters. The topological polar surface area (TPSA) is 46.9 Å².